The predicted molar refractivity (Wildman–Crippen MR) is 132 cm³/mol. The average Bonchev–Trinajstić information content (AvgIpc) is 2.78. The first-order chi connectivity index (χ1) is 15.5. The van der Waals surface area contributed by atoms with Gasteiger partial charge < -0.3 is 14.8 Å². The highest BCUT2D eigenvalue weighted by molar-refractivity contribution is 9.10. The third-order valence-electron chi connectivity index (χ3n) is 5.12. The van der Waals surface area contributed by atoms with Gasteiger partial charge in [0, 0.05) is 18.2 Å². The molecule has 170 valence electrons. The Balaban J connectivity index is 1.77. The molecular formula is C26H28BrClFNO2. The number of ether oxygens (including phenoxy) is 2. The van der Waals surface area contributed by atoms with Crippen LogP contribution in [0.3, 0.4) is 0 Å². The fourth-order valence-electron chi connectivity index (χ4n) is 3.54. The maximum absolute atomic E-state index is 14.1. The fourth-order valence-corrected chi connectivity index (χ4v) is 4.36. The molecule has 0 heterocycles. The highest BCUT2D eigenvalue weighted by Gasteiger charge is 2.16. The fraction of sp³-hybridized carbons (Fsp3) is 0.308. The molecule has 0 amide bonds. The Labute approximate surface area is 203 Å². The highest BCUT2D eigenvalue weighted by atomic mass is 79.9. The lowest BCUT2D eigenvalue weighted by molar-refractivity contribution is 0.264. The summed E-state index contributed by atoms with van der Waals surface area (Å²) >= 11 is 9.74. The van der Waals surface area contributed by atoms with Gasteiger partial charge in [0.25, 0.3) is 0 Å². The summed E-state index contributed by atoms with van der Waals surface area (Å²) < 4.78 is 26.7. The molecule has 0 spiro atoms. The van der Waals surface area contributed by atoms with Crippen molar-refractivity contribution >= 4 is 27.5 Å². The lowest BCUT2D eigenvalue weighted by Gasteiger charge is -2.20. The second-order valence-electron chi connectivity index (χ2n) is 7.46. The van der Waals surface area contributed by atoms with Crippen molar-refractivity contribution in [2.75, 3.05) is 6.61 Å². The Morgan fingerprint density at radius 3 is 2.50 bits per heavy atom. The Morgan fingerprint density at radius 1 is 1.03 bits per heavy atom. The van der Waals surface area contributed by atoms with Gasteiger partial charge in [0.05, 0.1) is 16.1 Å². The summed E-state index contributed by atoms with van der Waals surface area (Å²) in [5.74, 6) is 0.747. The van der Waals surface area contributed by atoms with E-state index in [0.717, 1.165) is 22.9 Å². The van der Waals surface area contributed by atoms with Crippen LogP contribution in [0.5, 0.6) is 11.5 Å². The molecule has 3 aromatic carbocycles. The van der Waals surface area contributed by atoms with E-state index in [1.54, 1.807) is 12.1 Å². The number of rotatable bonds is 11. The van der Waals surface area contributed by atoms with Crippen molar-refractivity contribution in [1.82, 2.24) is 5.32 Å². The first-order valence-corrected chi connectivity index (χ1v) is 12.0. The van der Waals surface area contributed by atoms with Crippen molar-refractivity contribution in [3.8, 4) is 11.5 Å². The van der Waals surface area contributed by atoms with Gasteiger partial charge in [-0.25, -0.2) is 4.39 Å². The monoisotopic (exact) mass is 519 g/mol. The summed E-state index contributed by atoms with van der Waals surface area (Å²) in [5, 5.41) is 3.99. The highest BCUT2D eigenvalue weighted by Crippen LogP contribution is 2.38. The summed E-state index contributed by atoms with van der Waals surface area (Å²) in [7, 11) is 0. The van der Waals surface area contributed by atoms with Crippen LogP contribution in [-0.4, -0.2) is 6.61 Å². The molecule has 3 aromatic rings. The molecule has 0 aliphatic rings. The largest absolute Gasteiger partial charge is 0.490 e. The Hall–Kier alpha value is -2.08. The molecule has 3 rings (SSSR count). The summed E-state index contributed by atoms with van der Waals surface area (Å²) in [4.78, 5) is 0. The Morgan fingerprint density at radius 2 is 1.81 bits per heavy atom. The second-order valence-corrected chi connectivity index (χ2v) is 8.72. The summed E-state index contributed by atoms with van der Waals surface area (Å²) in [6, 6.07) is 19.3. The zero-order valence-electron chi connectivity index (χ0n) is 18.3. The van der Waals surface area contributed by atoms with E-state index in [9.17, 15) is 4.39 Å². The van der Waals surface area contributed by atoms with Gasteiger partial charge in [-0.15, -0.1) is 0 Å². The SMILES string of the molecule is CCCC(NCc1cc(Br)c(OCc2c(F)cccc2Cl)c(OCC)c1)c1ccccc1. The third kappa shape index (κ3) is 6.47. The van der Waals surface area contributed by atoms with Crippen molar-refractivity contribution in [2.45, 2.75) is 45.9 Å². The summed E-state index contributed by atoms with van der Waals surface area (Å²) in [6.07, 6.45) is 2.14. The van der Waals surface area contributed by atoms with Crippen molar-refractivity contribution in [3.05, 3.63) is 92.7 Å². The van der Waals surface area contributed by atoms with Crippen molar-refractivity contribution < 1.29 is 13.9 Å². The lowest BCUT2D eigenvalue weighted by atomic mass is 10.0. The average molecular weight is 521 g/mol. The van der Waals surface area contributed by atoms with E-state index in [-0.39, 0.29) is 12.6 Å². The molecule has 0 saturated heterocycles. The molecule has 0 aliphatic carbocycles. The first kappa shape index (κ1) is 24.6. The van der Waals surface area contributed by atoms with Crippen LogP contribution in [0.2, 0.25) is 5.02 Å². The van der Waals surface area contributed by atoms with E-state index < -0.39 is 5.82 Å². The smallest absolute Gasteiger partial charge is 0.175 e. The number of hydrogen-bond acceptors (Lipinski definition) is 3. The normalized spacial score (nSPS) is 11.9. The van der Waals surface area contributed by atoms with Gasteiger partial charge in [0.15, 0.2) is 11.5 Å². The van der Waals surface area contributed by atoms with Gasteiger partial charge in [-0.3, -0.25) is 0 Å². The minimum absolute atomic E-state index is 0.00829. The van der Waals surface area contributed by atoms with Crippen LogP contribution in [0.1, 0.15) is 49.4 Å². The summed E-state index contributed by atoms with van der Waals surface area (Å²) in [5.41, 5.74) is 2.66. The number of hydrogen-bond donors (Lipinski definition) is 1. The molecule has 1 unspecified atom stereocenters. The van der Waals surface area contributed by atoms with Gasteiger partial charge in [0.2, 0.25) is 0 Å². The molecule has 0 aliphatic heterocycles. The molecule has 3 nitrogen and oxygen atoms in total. The van der Waals surface area contributed by atoms with Crippen molar-refractivity contribution in [1.29, 1.82) is 0 Å². The van der Waals surface area contributed by atoms with E-state index in [4.69, 9.17) is 21.1 Å². The molecule has 6 heteroatoms. The maximum atomic E-state index is 14.1. The summed E-state index contributed by atoms with van der Waals surface area (Å²) in [6.45, 7) is 5.28. The minimum atomic E-state index is -0.393. The van der Waals surface area contributed by atoms with Crippen LogP contribution in [0.4, 0.5) is 4.39 Å². The molecule has 0 fully saturated rings. The minimum Gasteiger partial charge on any atom is -0.490 e. The molecule has 32 heavy (non-hydrogen) atoms. The zero-order valence-corrected chi connectivity index (χ0v) is 20.7. The third-order valence-corrected chi connectivity index (χ3v) is 6.07. The van der Waals surface area contributed by atoms with Gasteiger partial charge >= 0.3 is 0 Å². The van der Waals surface area contributed by atoms with Crippen LogP contribution in [0.15, 0.2) is 65.1 Å². The molecule has 1 atom stereocenters. The number of halogens is 3. The standard InChI is InChI=1S/C26H28BrClFNO2/c1-3-9-24(19-10-6-5-7-11-19)30-16-18-14-21(27)26(25(15-18)31-4-2)32-17-20-22(28)12-8-13-23(20)29/h5-8,10-15,24,30H,3-4,9,16-17H2,1-2H3. The first-order valence-electron chi connectivity index (χ1n) is 10.8. The quantitative estimate of drug-likeness (QED) is 0.279. The topological polar surface area (TPSA) is 30.5 Å². The van der Waals surface area contributed by atoms with Crippen molar-refractivity contribution in [3.63, 3.8) is 0 Å². The van der Waals surface area contributed by atoms with Crippen molar-refractivity contribution in [2.24, 2.45) is 0 Å². The van der Waals surface area contributed by atoms with E-state index in [0.29, 0.717) is 35.2 Å². The van der Waals surface area contributed by atoms with E-state index in [2.05, 4.69) is 52.4 Å². The van der Waals surface area contributed by atoms with Gasteiger partial charge in [-0.1, -0.05) is 61.3 Å². The Kier molecular flexibility index (Phi) is 9.39. The number of nitrogens with one attached hydrogen (secondary N) is 1. The molecule has 0 aromatic heterocycles. The molecule has 0 radical (unpaired) electrons. The van der Waals surface area contributed by atoms with Crippen LogP contribution in [-0.2, 0) is 13.2 Å². The van der Waals surface area contributed by atoms with Gasteiger partial charge in [-0.05, 0) is 64.7 Å². The Bertz CT molecular complexity index is 996. The van der Waals surface area contributed by atoms with Crippen LogP contribution in [0, 0.1) is 5.82 Å². The van der Waals surface area contributed by atoms with E-state index in [1.807, 2.05) is 25.1 Å². The maximum Gasteiger partial charge on any atom is 0.175 e. The van der Waals surface area contributed by atoms with Crippen LogP contribution in [0.25, 0.3) is 0 Å². The molecular weight excluding hydrogens is 493 g/mol. The van der Waals surface area contributed by atoms with Crippen LogP contribution < -0.4 is 14.8 Å². The van der Waals surface area contributed by atoms with Crippen LogP contribution >= 0.6 is 27.5 Å². The molecule has 0 bridgehead atoms. The molecule has 1 N–H and O–H groups in total. The molecule has 0 saturated carbocycles. The zero-order chi connectivity index (χ0) is 22.9. The number of benzene rings is 3. The lowest BCUT2D eigenvalue weighted by Crippen LogP contribution is -2.21. The van der Waals surface area contributed by atoms with E-state index >= 15 is 0 Å². The van der Waals surface area contributed by atoms with E-state index in [1.165, 1.54) is 11.6 Å². The second kappa shape index (κ2) is 12.2. The van der Waals surface area contributed by atoms with Gasteiger partial charge in [-0.2, -0.15) is 0 Å². The predicted octanol–water partition coefficient (Wildman–Crippen LogP) is 7.85. The van der Waals surface area contributed by atoms with Gasteiger partial charge in [0.1, 0.15) is 12.4 Å².